The number of pyridine rings is 1. The smallest absolute Gasteiger partial charge is 0.326 e. The topological polar surface area (TPSA) is 73.6 Å². The molecule has 1 amide bonds. The first-order valence-corrected chi connectivity index (χ1v) is 12.2. The third-order valence-corrected chi connectivity index (χ3v) is 7.09. The average Bonchev–Trinajstić information content (AvgIpc) is 3.47. The van der Waals surface area contributed by atoms with E-state index in [4.69, 9.17) is 9.72 Å². The first kappa shape index (κ1) is 22.1. The zero-order valence-corrected chi connectivity index (χ0v) is 19.7. The number of thiazole rings is 1. The van der Waals surface area contributed by atoms with Crippen LogP contribution in [0.2, 0.25) is 0 Å². The molecule has 0 bridgehead atoms. The Morgan fingerprint density at radius 1 is 1.12 bits per heavy atom. The fourth-order valence-corrected chi connectivity index (χ4v) is 5.41. The zero-order chi connectivity index (χ0) is 23.7. The van der Waals surface area contributed by atoms with E-state index < -0.39 is 17.7 Å². The Morgan fingerprint density at radius 2 is 1.97 bits per heavy atom. The van der Waals surface area contributed by atoms with Crippen LogP contribution in [0.3, 0.4) is 0 Å². The highest BCUT2D eigenvalue weighted by molar-refractivity contribution is 7.16. The Bertz CT molecular complexity index is 1600. The fourth-order valence-electron chi connectivity index (χ4n) is 3.67. The number of esters is 1. The second-order valence-electron chi connectivity index (χ2n) is 7.35. The van der Waals surface area contributed by atoms with Crippen LogP contribution >= 0.6 is 22.7 Å². The van der Waals surface area contributed by atoms with Gasteiger partial charge in [0.1, 0.15) is 12.4 Å². The molecule has 5 rings (SSSR count). The normalized spacial score (nSPS) is 11.9. The minimum Gasteiger partial charge on any atom is -0.465 e. The van der Waals surface area contributed by atoms with Gasteiger partial charge in [-0.3, -0.25) is 9.59 Å². The molecule has 2 aromatic carbocycles. The van der Waals surface area contributed by atoms with Crippen LogP contribution in [0, 0.1) is 5.82 Å². The number of carbonyl (C=O) groups is 2. The number of nitrogens with zero attached hydrogens (tertiary/aromatic N) is 3. The highest BCUT2D eigenvalue weighted by Crippen LogP contribution is 2.28. The maximum atomic E-state index is 13.8. The van der Waals surface area contributed by atoms with Gasteiger partial charge in [-0.25, -0.2) is 9.37 Å². The van der Waals surface area contributed by atoms with Crippen LogP contribution in [0.25, 0.3) is 31.7 Å². The standard InChI is InChI=1S/C25H18FN3O3S2/c1-2-32-23(30)14-29-20-10-9-15(26)12-22(20)34-25(29)28-24(31)17-13-19(21-8-5-11-33-21)27-18-7-4-3-6-16(17)18/h3-13H,2,14H2,1H3. The highest BCUT2D eigenvalue weighted by Gasteiger charge is 2.17. The quantitative estimate of drug-likeness (QED) is 0.308. The lowest BCUT2D eigenvalue weighted by Gasteiger charge is -2.07. The third kappa shape index (κ3) is 4.27. The molecule has 0 aliphatic heterocycles. The van der Waals surface area contributed by atoms with Crippen molar-refractivity contribution in [3.05, 3.63) is 82.2 Å². The minimum atomic E-state index is -0.471. The van der Waals surface area contributed by atoms with Gasteiger partial charge >= 0.3 is 5.97 Å². The van der Waals surface area contributed by atoms with Crippen LogP contribution in [0.4, 0.5) is 4.39 Å². The molecule has 3 heterocycles. The molecule has 0 unspecified atom stereocenters. The van der Waals surface area contributed by atoms with Crippen molar-refractivity contribution in [3.63, 3.8) is 0 Å². The Hall–Kier alpha value is -3.69. The van der Waals surface area contributed by atoms with E-state index in [2.05, 4.69) is 4.99 Å². The maximum absolute atomic E-state index is 13.8. The number of hydrogen-bond acceptors (Lipinski definition) is 6. The Labute approximate surface area is 201 Å². The largest absolute Gasteiger partial charge is 0.465 e. The SMILES string of the molecule is CCOC(=O)Cn1c(=NC(=O)c2cc(-c3cccs3)nc3ccccc23)sc2cc(F)ccc21. The number of carbonyl (C=O) groups excluding carboxylic acids is 2. The second-order valence-corrected chi connectivity index (χ2v) is 9.31. The van der Waals surface area contributed by atoms with E-state index in [0.29, 0.717) is 32.4 Å². The van der Waals surface area contributed by atoms with Crippen molar-refractivity contribution in [2.24, 2.45) is 4.99 Å². The summed E-state index contributed by atoms with van der Waals surface area (Å²) in [5.74, 6) is -1.34. The Morgan fingerprint density at radius 3 is 2.76 bits per heavy atom. The summed E-state index contributed by atoms with van der Waals surface area (Å²) in [6.45, 7) is 1.82. The number of hydrogen-bond donors (Lipinski definition) is 0. The first-order chi connectivity index (χ1) is 16.5. The summed E-state index contributed by atoms with van der Waals surface area (Å²) in [7, 11) is 0. The number of benzene rings is 2. The molecule has 34 heavy (non-hydrogen) atoms. The number of aromatic nitrogens is 2. The number of amides is 1. The second kappa shape index (κ2) is 9.28. The summed E-state index contributed by atoms with van der Waals surface area (Å²) in [5.41, 5.74) is 2.38. The van der Waals surface area contributed by atoms with Gasteiger partial charge in [-0.2, -0.15) is 4.99 Å². The predicted octanol–water partition coefficient (Wildman–Crippen LogP) is 5.42. The van der Waals surface area contributed by atoms with Gasteiger partial charge < -0.3 is 9.30 Å². The average molecular weight is 492 g/mol. The molecule has 6 nitrogen and oxygen atoms in total. The molecule has 0 N–H and O–H groups in total. The summed E-state index contributed by atoms with van der Waals surface area (Å²) in [5, 5.41) is 2.63. The molecule has 0 atom stereocenters. The molecular formula is C25H18FN3O3S2. The molecule has 5 aromatic rings. The van der Waals surface area contributed by atoms with Crippen molar-refractivity contribution in [2.75, 3.05) is 6.61 Å². The summed E-state index contributed by atoms with van der Waals surface area (Å²) >= 11 is 2.68. The van der Waals surface area contributed by atoms with Crippen LogP contribution < -0.4 is 4.80 Å². The van der Waals surface area contributed by atoms with Crippen LogP contribution in [0.15, 0.2) is 71.0 Å². The molecule has 3 aromatic heterocycles. The van der Waals surface area contributed by atoms with E-state index in [-0.39, 0.29) is 18.0 Å². The van der Waals surface area contributed by atoms with Crippen LogP contribution in [0.1, 0.15) is 17.3 Å². The van der Waals surface area contributed by atoms with Crippen molar-refractivity contribution >= 4 is 55.7 Å². The van der Waals surface area contributed by atoms with Gasteiger partial charge in [0, 0.05) is 5.39 Å². The van der Waals surface area contributed by atoms with Gasteiger partial charge in [0.15, 0.2) is 4.80 Å². The lowest BCUT2D eigenvalue weighted by molar-refractivity contribution is -0.143. The molecule has 0 spiro atoms. The van der Waals surface area contributed by atoms with Gasteiger partial charge in [0.05, 0.1) is 38.5 Å². The Kier molecular flexibility index (Phi) is 6.04. The number of rotatable bonds is 5. The van der Waals surface area contributed by atoms with E-state index >= 15 is 0 Å². The molecule has 0 saturated carbocycles. The number of thiophene rings is 1. The lowest BCUT2D eigenvalue weighted by atomic mass is 10.1. The van der Waals surface area contributed by atoms with Crippen LogP contribution in [0.5, 0.6) is 0 Å². The van der Waals surface area contributed by atoms with E-state index in [1.807, 2.05) is 41.8 Å². The maximum Gasteiger partial charge on any atom is 0.326 e. The molecule has 170 valence electrons. The van der Waals surface area contributed by atoms with E-state index in [1.165, 1.54) is 23.5 Å². The van der Waals surface area contributed by atoms with E-state index in [1.54, 1.807) is 23.6 Å². The number of ether oxygens (including phenoxy) is 1. The highest BCUT2D eigenvalue weighted by atomic mass is 32.1. The summed E-state index contributed by atoms with van der Waals surface area (Å²) < 4.78 is 21.1. The van der Waals surface area contributed by atoms with Crippen LogP contribution in [-0.4, -0.2) is 28.0 Å². The van der Waals surface area contributed by atoms with Gasteiger partial charge in [-0.05, 0) is 48.7 Å². The van der Waals surface area contributed by atoms with Crippen molar-refractivity contribution in [2.45, 2.75) is 13.5 Å². The molecule has 0 saturated heterocycles. The molecule has 9 heteroatoms. The minimum absolute atomic E-state index is 0.136. The van der Waals surface area contributed by atoms with E-state index in [9.17, 15) is 14.0 Å². The van der Waals surface area contributed by atoms with Crippen molar-refractivity contribution in [3.8, 4) is 10.6 Å². The van der Waals surface area contributed by atoms with Crippen molar-refractivity contribution in [1.82, 2.24) is 9.55 Å². The van der Waals surface area contributed by atoms with Gasteiger partial charge in [-0.1, -0.05) is 35.6 Å². The fraction of sp³-hybridized carbons (Fsp3) is 0.120. The monoisotopic (exact) mass is 491 g/mol. The number of fused-ring (bicyclic) bond motifs is 2. The summed E-state index contributed by atoms with van der Waals surface area (Å²) in [4.78, 5) is 36.0. The molecule has 0 radical (unpaired) electrons. The van der Waals surface area contributed by atoms with Gasteiger partial charge in [0.2, 0.25) is 0 Å². The van der Waals surface area contributed by atoms with Crippen molar-refractivity contribution in [1.29, 1.82) is 0 Å². The van der Waals surface area contributed by atoms with E-state index in [0.717, 1.165) is 16.2 Å². The number of halogens is 1. The summed E-state index contributed by atoms with van der Waals surface area (Å²) in [6, 6.07) is 17.2. The molecule has 0 aliphatic carbocycles. The zero-order valence-electron chi connectivity index (χ0n) is 18.0. The predicted molar refractivity (Wildman–Crippen MR) is 131 cm³/mol. The van der Waals surface area contributed by atoms with Crippen LogP contribution in [-0.2, 0) is 16.1 Å². The molecular weight excluding hydrogens is 473 g/mol. The lowest BCUT2D eigenvalue weighted by Crippen LogP contribution is -2.23. The molecule has 0 aliphatic rings. The summed E-state index contributed by atoms with van der Waals surface area (Å²) in [6.07, 6.45) is 0. The van der Waals surface area contributed by atoms with Gasteiger partial charge in [-0.15, -0.1) is 11.3 Å². The van der Waals surface area contributed by atoms with Crippen molar-refractivity contribution < 1.29 is 18.7 Å². The third-order valence-electron chi connectivity index (χ3n) is 5.15. The van der Waals surface area contributed by atoms with Gasteiger partial charge in [0.25, 0.3) is 5.91 Å². The number of para-hydroxylation sites is 1. The molecule has 0 fully saturated rings. The Balaban J connectivity index is 1.68. The first-order valence-electron chi connectivity index (χ1n) is 10.5.